The van der Waals surface area contributed by atoms with Gasteiger partial charge in [0.25, 0.3) is 5.78 Å². The summed E-state index contributed by atoms with van der Waals surface area (Å²) in [6.45, 7) is 0. The van der Waals surface area contributed by atoms with Gasteiger partial charge in [0.2, 0.25) is 5.95 Å². The molecule has 0 fully saturated rings. The van der Waals surface area contributed by atoms with E-state index in [0.717, 1.165) is 5.52 Å². The van der Waals surface area contributed by atoms with Gasteiger partial charge >= 0.3 is 0 Å². The summed E-state index contributed by atoms with van der Waals surface area (Å²) in [5.74, 6) is 2.06. The summed E-state index contributed by atoms with van der Waals surface area (Å²) in [6.07, 6.45) is 1.17. The predicted molar refractivity (Wildman–Crippen MR) is 101 cm³/mol. The van der Waals surface area contributed by atoms with E-state index in [9.17, 15) is 8.42 Å². The number of hydrogen-bond acceptors (Lipinski definition) is 7. The first kappa shape index (κ1) is 17.2. The molecular weight excluding hydrogens is 370 g/mol. The van der Waals surface area contributed by atoms with Crippen molar-refractivity contribution in [2.24, 2.45) is 0 Å². The number of imidazole rings is 1. The van der Waals surface area contributed by atoms with E-state index in [-0.39, 0.29) is 4.90 Å². The Kier molecular flexibility index (Phi) is 3.92. The van der Waals surface area contributed by atoms with Crippen LogP contribution >= 0.6 is 0 Å². The van der Waals surface area contributed by atoms with Crippen molar-refractivity contribution in [2.75, 3.05) is 25.8 Å². The zero-order chi connectivity index (χ0) is 19.2. The molecule has 4 aromatic rings. The molecular formula is C17H17N5O4S. The number of methoxy groups -OCH3 is 2. The van der Waals surface area contributed by atoms with E-state index in [0.29, 0.717) is 34.4 Å². The molecule has 140 valence electrons. The van der Waals surface area contributed by atoms with Crippen molar-refractivity contribution in [3.8, 4) is 11.5 Å². The molecule has 0 radical (unpaired) electrons. The van der Waals surface area contributed by atoms with Gasteiger partial charge in [-0.15, -0.1) is 0 Å². The number of sulfone groups is 1. The molecule has 27 heavy (non-hydrogen) atoms. The second-order valence-corrected chi connectivity index (χ2v) is 7.96. The lowest BCUT2D eigenvalue weighted by Crippen LogP contribution is -1.99. The van der Waals surface area contributed by atoms with E-state index in [1.807, 2.05) is 0 Å². The summed E-state index contributed by atoms with van der Waals surface area (Å²) in [4.78, 5) is 9.10. The van der Waals surface area contributed by atoms with Crippen LogP contribution in [0.2, 0.25) is 0 Å². The maximum Gasteiger partial charge on any atom is 0.253 e. The average Bonchev–Trinajstić information content (AvgIpc) is 3.16. The minimum atomic E-state index is -3.29. The third kappa shape index (κ3) is 3.04. The van der Waals surface area contributed by atoms with E-state index >= 15 is 0 Å². The Bertz CT molecular complexity index is 1260. The smallest absolute Gasteiger partial charge is 0.253 e. The van der Waals surface area contributed by atoms with Crippen molar-refractivity contribution < 1.29 is 17.9 Å². The monoisotopic (exact) mass is 387 g/mol. The second-order valence-electron chi connectivity index (χ2n) is 5.94. The van der Waals surface area contributed by atoms with Gasteiger partial charge in [0, 0.05) is 24.1 Å². The SMILES string of the molecule is COc1cc2nc3nc(Nc4cccc(S(C)(=O)=O)c4)[nH]n3c2cc1OC. The van der Waals surface area contributed by atoms with Crippen LogP contribution in [0.5, 0.6) is 11.5 Å². The summed E-state index contributed by atoms with van der Waals surface area (Å²) < 4.78 is 35.8. The molecule has 2 aromatic carbocycles. The van der Waals surface area contributed by atoms with Crippen LogP contribution in [0.15, 0.2) is 41.3 Å². The quantitative estimate of drug-likeness (QED) is 0.541. The fraction of sp³-hybridized carbons (Fsp3) is 0.176. The van der Waals surface area contributed by atoms with Crippen LogP contribution in [0.4, 0.5) is 11.6 Å². The Balaban J connectivity index is 1.74. The van der Waals surface area contributed by atoms with Crippen LogP contribution in [-0.4, -0.2) is 48.5 Å². The number of nitrogens with one attached hydrogen (secondary N) is 2. The van der Waals surface area contributed by atoms with Gasteiger partial charge in [-0.2, -0.15) is 4.98 Å². The summed E-state index contributed by atoms with van der Waals surface area (Å²) >= 11 is 0. The molecule has 4 rings (SSSR count). The van der Waals surface area contributed by atoms with Crippen molar-refractivity contribution >= 4 is 38.3 Å². The Morgan fingerprint density at radius 1 is 1.07 bits per heavy atom. The maximum atomic E-state index is 11.7. The van der Waals surface area contributed by atoms with E-state index in [4.69, 9.17) is 9.47 Å². The van der Waals surface area contributed by atoms with Crippen LogP contribution in [0.1, 0.15) is 0 Å². The normalized spacial score (nSPS) is 11.8. The fourth-order valence-corrected chi connectivity index (χ4v) is 3.47. The lowest BCUT2D eigenvalue weighted by Gasteiger charge is -2.07. The van der Waals surface area contributed by atoms with E-state index in [1.165, 1.54) is 6.26 Å². The molecule has 0 unspecified atom stereocenters. The summed E-state index contributed by atoms with van der Waals surface area (Å²) in [7, 11) is -0.156. The highest BCUT2D eigenvalue weighted by atomic mass is 32.2. The molecule has 9 nitrogen and oxygen atoms in total. The number of fused-ring (bicyclic) bond motifs is 3. The highest BCUT2D eigenvalue weighted by Gasteiger charge is 2.15. The first-order valence-corrected chi connectivity index (χ1v) is 9.85. The summed E-state index contributed by atoms with van der Waals surface area (Å²) in [5.41, 5.74) is 2.07. The van der Waals surface area contributed by atoms with Crippen molar-refractivity contribution in [3.05, 3.63) is 36.4 Å². The molecule has 0 spiro atoms. The molecule has 0 aliphatic heterocycles. The molecule has 0 atom stereocenters. The first-order valence-electron chi connectivity index (χ1n) is 7.96. The molecule has 0 saturated heterocycles. The highest BCUT2D eigenvalue weighted by Crippen LogP contribution is 2.32. The lowest BCUT2D eigenvalue weighted by atomic mass is 10.3. The maximum absolute atomic E-state index is 11.7. The first-order chi connectivity index (χ1) is 12.9. The number of H-pyrrole nitrogens is 1. The van der Waals surface area contributed by atoms with Crippen LogP contribution in [-0.2, 0) is 9.84 Å². The molecule has 0 aliphatic rings. The van der Waals surface area contributed by atoms with Gasteiger partial charge in [-0.1, -0.05) is 6.07 Å². The lowest BCUT2D eigenvalue weighted by molar-refractivity contribution is 0.355. The van der Waals surface area contributed by atoms with Gasteiger partial charge in [-0.05, 0) is 18.2 Å². The van der Waals surface area contributed by atoms with Crippen LogP contribution in [0.25, 0.3) is 16.8 Å². The summed E-state index contributed by atoms with van der Waals surface area (Å²) in [5, 5.41) is 6.16. The van der Waals surface area contributed by atoms with E-state index < -0.39 is 9.84 Å². The van der Waals surface area contributed by atoms with Gasteiger partial charge in [0.15, 0.2) is 21.3 Å². The molecule has 2 heterocycles. The van der Waals surface area contributed by atoms with Gasteiger partial charge in [0.05, 0.1) is 30.1 Å². The molecule has 0 bridgehead atoms. The number of aromatic amines is 1. The third-order valence-corrected chi connectivity index (χ3v) is 5.21. The Labute approximate surface area is 154 Å². The molecule has 10 heteroatoms. The van der Waals surface area contributed by atoms with Gasteiger partial charge in [-0.25, -0.2) is 17.9 Å². The molecule has 0 amide bonds. The minimum Gasteiger partial charge on any atom is -0.493 e. The number of nitrogens with zero attached hydrogens (tertiary/aromatic N) is 3. The van der Waals surface area contributed by atoms with Crippen molar-refractivity contribution in [1.29, 1.82) is 0 Å². The zero-order valence-electron chi connectivity index (χ0n) is 14.8. The number of benzene rings is 2. The predicted octanol–water partition coefficient (Wildman–Crippen LogP) is 2.37. The van der Waals surface area contributed by atoms with Crippen molar-refractivity contribution in [1.82, 2.24) is 19.6 Å². The number of aromatic nitrogens is 4. The molecule has 0 saturated carbocycles. The van der Waals surface area contributed by atoms with Crippen LogP contribution < -0.4 is 14.8 Å². The number of anilines is 2. The largest absolute Gasteiger partial charge is 0.493 e. The fourth-order valence-electron chi connectivity index (χ4n) is 2.80. The van der Waals surface area contributed by atoms with E-state index in [2.05, 4.69) is 20.4 Å². The topological polar surface area (TPSA) is 111 Å². The van der Waals surface area contributed by atoms with Gasteiger partial charge in [0.1, 0.15) is 0 Å². The van der Waals surface area contributed by atoms with Crippen molar-refractivity contribution in [3.63, 3.8) is 0 Å². The number of ether oxygens (including phenoxy) is 2. The van der Waals surface area contributed by atoms with Crippen LogP contribution in [0.3, 0.4) is 0 Å². The third-order valence-electron chi connectivity index (χ3n) is 4.10. The summed E-state index contributed by atoms with van der Waals surface area (Å²) in [6, 6.07) is 10.1. The van der Waals surface area contributed by atoms with Crippen molar-refractivity contribution in [2.45, 2.75) is 4.90 Å². The average molecular weight is 387 g/mol. The second kappa shape index (κ2) is 6.16. The van der Waals surface area contributed by atoms with Crippen LogP contribution in [0, 0.1) is 0 Å². The Morgan fingerprint density at radius 2 is 1.81 bits per heavy atom. The van der Waals surface area contributed by atoms with Gasteiger partial charge in [-0.3, -0.25) is 5.10 Å². The Morgan fingerprint density at radius 3 is 2.52 bits per heavy atom. The highest BCUT2D eigenvalue weighted by molar-refractivity contribution is 7.90. The number of rotatable bonds is 5. The molecule has 2 N–H and O–H groups in total. The molecule has 0 aliphatic carbocycles. The van der Waals surface area contributed by atoms with Gasteiger partial charge < -0.3 is 14.8 Å². The standard InChI is InChI=1S/C17H17N5O4S/c1-25-14-8-12-13(9-15(14)26-2)22-17(19-12)20-16(21-22)18-10-5-4-6-11(7-10)27(3,23)24/h4-9H,1-3H3,(H2,18,19,20,21). The van der Waals surface area contributed by atoms with E-state index in [1.54, 1.807) is 55.1 Å². The molecule has 2 aromatic heterocycles. The minimum absolute atomic E-state index is 0.228. The number of hydrogen-bond donors (Lipinski definition) is 2. The zero-order valence-corrected chi connectivity index (χ0v) is 15.7. The Hall–Kier alpha value is -3.27.